The first kappa shape index (κ1) is 18.6. The maximum Gasteiger partial charge on any atom is 0.416 e. The van der Waals surface area contributed by atoms with Crippen molar-refractivity contribution in [1.29, 1.82) is 0 Å². The lowest BCUT2D eigenvalue weighted by Gasteiger charge is -2.16. The first-order chi connectivity index (χ1) is 11.8. The number of esters is 1. The van der Waals surface area contributed by atoms with Gasteiger partial charge in [-0.15, -0.1) is 0 Å². The minimum atomic E-state index is -4.60. The van der Waals surface area contributed by atoms with Gasteiger partial charge in [-0.1, -0.05) is 0 Å². The zero-order valence-corrected chi connectivity index (χ0v) is 13.4. The molecule has 2 aromatic rings. The molecule has 0 aliphatic heterocycles. The van der Waals surface area contributed by atoms with Crippen LogP contribution in [0.1, 0.15) is 22.8 Å². The van der Waals surface area contributed by atoms with E-state index in [9.17, 15) is 22.4 Å². The van der Waals surface area contributed by atoms with Crippen LogP contribution in [0.4, 0.5) is 28.9 Å². The molecule has 0 bridgehead atoms. The molecule has 0 spiro atoms. The van der Waals surface area contributed by atoms with Crippen molar-refractivity contribution in [3.8, 4) is 5.75 Å². The smallest absolute Gasteiger partial charge is 0.416 e. The summed E-state index contributed by atoms with van der Waals surface area (Å²) in [5.41, 5.74) is -0.902. The topological polar surface area (TPSA) is 47.6 Å². The van der Waals surface area contributed by atoms with Crippen molar-refractivity contribution < 1.29 is 31.8 Å². The molecule has 0 radical (unpaired) electrons. The average molecular weight is 357 g/mol. The van der Waals surface area contributed by atoms with E-state index in [4.69, 9.17) is 9.47 Å². The lowest BCUT2D eigenvalue weighted by Crippen LogP contribution is -2.12. The van der Waals surface area contributed by atoms with E-state index in [-0.39, 0.29) is 29.3 Å². The van der Waals surface area contributed by atoms with E-state index >= 15 is 0 Å². The Morgan fingerprint density at radius 3 is 2.40 bits per heavy atom. The molecular weight excluding hydrogens is 342 g/mol. The Morgan fingerprint density at radius 2 is 1.80 bits per heavy atom. The first-order valence-electron chi connectivity index (χ1n) is 7.25. The Hall–Kier alpha value is -2.77. The summed E-state index contributed by atoms with van der Waals surface area (Å²) in [7, 11) is 1.32. The second-order valence-electron chi connectivity index (χ2n) is 4.95. The van der Waals surface area contributed by atoms with E-state index < -0.39 is 23.5 Å². The van der Waals surface area contributed by atoms with Crippen LogP contribution < -0.4 is 10.1 Å². The van der Waals surface area contributed by atoms with Gasteiger partial charge < -0.3 is 14.8 Å². The highest BCUT2D eigenvalue weighted by Gasteiger charge is 2.32. The van der Waals surface area contributed by atoms with Gasteiger partial charge in [0.05, 0.1) is 36.2 Å². The van der Waals surface area contributed by atoms with Gasteiger partial charge in [0.1, 0.15) is 11.6 Å². The standard InChI is InChI=1S/C17H15F4NO3/c1-3-25-16(23)12-8-10(17(19,20)21)4-6-13(12)22-14-7-5-11(18)9-15(14)24-2/h4-9,22H,3H2,1-2H3. The van der Waals surface area contributed by atoms with Gasteiger partial charge in [-0.3, -0.25) is 0 Å². The highest BCUT2D eigenvalue weighted by atomic mass is 19.4. The SMILES string of the molecule is CCOC(=O)c1cc(C(F)(F)F)ccc1Nc1ccc(F)cc1OC. The summed E-state index contributed by atoms with van der Waals surface area (Å²) in [6.07, 6.45) is -4.60. The second kappa shape index (κ2) is 7.42. The quantitative estimate of drug-likeness (QED) is 0.618. The zero-order valence-electron chi connectivity index (χ0n) is 13.4. The number of rotatable bonds is 5. The minimum Gasteiger partial charge on any atom is -0.494 e. The van der Waals surface area contributed by atoms with Gasteiger partial charge in [0.25, 0.3) is 0 Å². The van der Waals surface area contributed by atoms with Gasteiger partial charge in [-0.05, 0) is 37.3 Å². The first-order valence-corrected chi connectivity index (χ1v) is 7.25. The van der Waals surface area contributed by atoms with Crippen molar-refractivity contribution in [1.82, 2.24) is 0 Å². The number of carbonyl (C=O) groups excluding carboxylic acids is 1. The third-order valence-corrected chi connectivity index (χ3v) is 3.28. The molecule has 0 amide bonds. The van der Waals surface area contributed by atoms with Crippen molar-refractivity contribution in [2.75, 3.05) is 19.0 Å². The molecule has 0 fully saturated rings. The largest absolute Gasteiger partial charge is 0.494 e. The predicted octanol–water partition coefficient (Wildman–Crippen LogP) is 4.77. The van der Waals surface area contributed by atoms with E-state index in [2.05, 4.69) is 5.32 Å². The van der Waals surface area contributed by atoms with E-state index in [0.29, 0.717) is 6.07 Å². The number of methoxy groups -OCH3 is 1. The molecule has 0 saturated carbocycles. The van der Waals surface area contributed by atoms with Gasteiger partial charge in [0.15, 0.2) is 0 Å². The minimum absolute atomic E-state index is 0.00832. The molecule has 134 valence electrons. The Balaban J connectivity index is 2.48. The summed E-state index contributed by atoms with van der Waals surface area (Å²) in [6.45, 7) is 1.55. The normalized spacial score (nSPS) is 11.1. The van der Waals surface area contributed by atoms with Gasteiger partial charge in [-0.2, -0.15) is 13.2 Å². The van der Waals surface area contributed by atoms with Crippen LogP contribution in [-0.2, 0) is 10.9 Å². The molecular formula is C17H15F4NO3. The highest BCUT2D eigenvalue weighted by Crippen LogP contribution is 2.35. The van der Waals surface area contributed by atoms with Crippen molar-refractivity contribution in [2.24, 2.45) is 0 Å². The maximum atomic E-state index is 13.3. The van der Waals surface area contributed by atoms with Gasteiger partial charge in [0, 0.05) is 6.07 Å². The van der Waals surface area contributed by atoms with Crippen LogP contribution in [0, 0.1) is 5.82 Å². The molecule has 2 rings (SSSR count). The number of hydrogen-bond acceptors (Lipinski definition) is 4. The molecule has 0 aromatic heterocycles. The Labute approximate surface area is 141 Å². The van der Waals surface area contributed by atoms with Gasteiger partial charge in [0.2, 0.25) is 0 Å². The summed E-state index contributed by atoms with van der Waals surface area (Å²) in [4.78, 5) is 12.0. The predicted molar refractivity (Wildman–Crippen MR) is 83.6 cm³/mol. The number of ether oxygens (including phenoxy) is 2. The third kappa shape index (κ3) is 4.40. The Morgan fingerprint density at radius 1 is 1.12 bits per heavy atom. The van der Waals surface area contributed by atoms with Crippen molar-refractivity contribution in [2.45, 2.75) is 13.1 Å². The molecule has 0 aliphatic carbocycles. The van der Waals surface area contributed by atoms with Gasteiger partial charge in [-0.25, -0.2) is 9.18 Å². The highest BCUT2D eigenvalue weighted by molar-refractivity contribution is 5.97. The van der Waals surface area contributed by atoms with Crippen molar-refractivity contribution in [3.63, 3.8) is 0 Å². The zero-order chi connectivity index (χ0) is 18.6. The number of benzene rings is 2. The van der Waals surface area contributed by atoms with E-state index in [1.54, 1.807) is 6.92 Å². The van der Waals surface area contributed by atoms with Crippen LogP contribution in [0.2, 0.25) is 0 Å². The van der Waals surface area contributed by atoms with Crippen molar-refractivity contribution >= 4 is 17.3 Å². The Kier molecular flexibility index (Phi) is 5.51. The summed E-state index contributed by atoms with van der Waals surface area (Å²) in [5.74, 6) is -1.31. The fourth-order valence-corrected chi connectivity index (χ4v) is 2.12. The molecule has 25 heavy (non-hydrogen) atoms. The van der Waals surface area contributed by atoms with Crippen LogP contribution in [0.25, 0.3) is 0 Å². The van der Waals surface area contributed by atoms with E-state index in [1.807, 2.05) is 0 Å². The van der Waals surface area contributed by atoms with Crippen LogP contribution >= 0.6 is 0 Å². The molecule has 0 aliphatic rings. The summed E-state index contributed by atoms with van der Waals surface area (Å²) in [5, 5.41) is 2.78. The number of alkyl halides is 3. The number of nitrogens with one attached hydrogen (secondary N) is 1. The average Bonchev–Trinajstić information content (AvgIpc) is 2.55. The number of carbonyl (C=O) groups is 1. The summed E-state index contributed by atoms with van der Waals surface area (Å²) < 4.78 is 61.8. The van der Waals surface area contributed by atoms with Crippen LogP contribution in [0.5, 0.6) is 5.75 Å². The molecule has 0 heterocycles. The van der Waals surface area contributed by atoms with Crippen LogP contribution in [0.3, 0.4) is 0 Å². The number of anilines is 2. The lowest BCUT2D eigenvalue weighted by atomic mass is 10.1. The van der Waals surface area contributed by atoms with Crippen LogP contribution in [0.15, 0.2) is 36.4 Å². The molecule has 0 atom stereocenters. The molecule has 2 aromatic carbocycles. The summed E-state index contributed by atoms with van der Waals surface area (Å²) in [6, 6.07) is 6.26. The fraction of sp³-hybridized carbons (Fsp3) is 0.235. The monoisotopic (exact) mass is 357 g/mol. The molecule has 1 N–H and O–H groups in total. The maximum absolute atomic E-state index is 13.3. The Bertz CT molecular complexity index is 775. The van der Waals surface area contributed by atoms with Gasteiger partial charge >= 0.3 is 12.1 Å². The fourth-order valence-electron chi connectivity index (χ4n) is 2.12. The summed E-state index contributed by atoms with van der Waals surface area (Å²) >= 11 is 0. The lowest BCUT2D eigenvalue weighted by molar-refractivity contribution is -0.137. The van der Waals surface area contributed by atoms with Crippen molar-refractivity contribution in [3.05, 3.63) is 53.3 Å². The van der Waals surface area contributed by atoms with E-state index in [0.717, 1.165) is 24.3 Å². The number of halogens is 4. The van der Waals surface area contributed by atoms with E-state index in [1.165, 1.54) is 13.2 Å². The third-order valence-electron chi connectivity index (χ3n) is 3.28. The number of hydrogen-bond donors (Lipinski definition) is 1. The molecule has 8 heteroatoms. The van der Waals surface area contributed by atoms with Crippen LogP contribution in [-0.4, -0.2) is 19.7 Å². The molecule has 4 nitrogen and oxygen atoms in total. The molecule has 0 saturated heterocycles. The second-order valence-corrected chi connectivity index (χ2v) is 4.95. The molecule has 0 unspecified atom stereocenters.